The molecule has 0 bridgehead atoms. The van der Waals surface area contributed by atoms with Crippen LogP contribution in [-0.4, -0.2) is 37.0 Å². The largest absolute Gasteiger partial charge is 0.493 e. The number of furan rings is 1. The van der Waals surface area contributed by atoms with E-state index < -0.39 is 17.9 Å². The Morgan fingerprint density at radius 3 is 2.57 bits per heavy atom. The van der Waals surface area contributed by atoms with Gasteiger partial charge in [0.15, 0.2) is 11.5 Å². The monoisotopic (exact) mass is 540 g/mol. The van der Waals surface area contributed by atoms with Crippen molar-refractivity contribution in [3.63, 3.8) is 0 Å². The van der Waals surface area contributed by atoms with Crippen LogP contribution in [-0.2, 0) is 22.7 Å². The van der Waals surface area contributed by atoms with Crippen LogP contribution in [0.5, 0.6) is 11.5 Å². The Bertz CT molecular complexity index is 1300. The highest BCUT2D eigenvalue weighted by atomic mass is 79.9. The highest BCUT2D eigenvalue weighted by Gasteiger charge is 2.34. The van der Waals surface area contributed by atoms with E-state index in [0.29, 0.717) is 28.1 Å². The van der Waals surface area contributed by atoms with E-state index in [0.717, 1.165) is 10.5 Å². The van der Waals surface area contributed by atoms with Crippen LogP contribution in [0.3, 0.4) is 0 Å². The SMILES string of the molecule is COC(=O)c1ccc(CN2C(=O)N/C(=C\c3cc(OC)c(OCc4ccccc4)cc3Br)C2=O)o1. The van der Waals surface area contributed by atoms with Crippen molar-refractivity contribution in [2.45, 2.75) is 13.2 Å². The molecule has 10 heteroatoms. The second-order valence-electron chi connectivity index (χ2n) is 7.44. The molecule has 9 nitrogen and oxygen atoms in total. The lowest BCUT2D eigenvalue weighted by Gasteiger charge is -2.13. The number of carbonyl (C=O) groups is 3. The molecule has 180 valence electrons. The summed E-state index contributed by atoms with van der Waals surface area (Å²) in [5.74, 6) is 0.0442. The standard InChI is InChI=1S/C25H21BrN2O7/c1-32-21-11-16(18(26)12-22(21)34-14-15-6-4-3-5-7-15)10-19-23(29)28(25(31)27-19)13-17-8-9-20(35-17)24(30)33-2/h3-12H,13-14H2,1-2H3,(H,27,31)/b19-10-. The molecular weight excluding hydrogens is 520 g/mol. The Hall–Kier alpha value is -4.05. The van der Waals surface area contributed by atoms with E-state index in [-0.39, 0.29) is 23.8 Å². The number of halogens is 1. The minimum atomic E-state index is -0.649. The number of nitrogens with zero attached hydrogens (tertiary/aromatic N) is 1. The first-order valence-electron chi connectivity index (χ1n) is 10.5. The molecule has 2 heterocycles. The minimum absolute atomic E-state index is 0.0177. The van der Waals surface area contributed by atoms with E-state index in [2.05, 4.69) is 26.0 Å². The van der Waals surface area contributed by atoms with Gasteiger partial charge < -0.3 is 23.9 Å². The summed E-state index contributed by atoms with van der Waals surface area (Å²) in [6.45, 7) is 0.216. The second-order valence-corrected chi connectivity index (χ2v) is 8.29. The third-order valence-corrected chi connectivity index (χ3v) is 5.83. The molecule has 4 rings (SSSR count). The predicted octanol–water partition coefficient (Wildman–Crippen LogP) is 4.51. The summed E-state index contributed by atoms with van der Waals surface area (Å²) in [5.41, 5.74) is 1.69. The van der Waals surface area contributed by atoms with Crippen LogP contribution in [0.2, 0.25) is 0 Å². The van der Waals surface area contributed by atoms with Crippen LogP contribution in [0.1, 0.15) is 27.4 Å². The Morgan fingerprint density at radius 1 is 1.09 bits per heavy atom. The first kappa shape index (κ1) is 24.1. The normalized spacial score (nSPS) is 14.3. The topological polar surface area (TPSA) is 107 Å². The molecule has 0 atom stereocenters. The maximum Gasteiger partial charge on any atom is 0.373 e. The summed E-state index contributed by atoms with van der Waals surface area (Å²) in [4.78, 5) is 37.9. The van der Waals surface area contributed by atoms with Gasteiger partial charge in [-0.05, 0) is 41.5 Å². The molecule has 1 saturated heterocycles. The smallest absolute Gasteiger partial charge is 0.373 e. The molecule has 0 saturated carbocycles. The van der Waals surface area contributed by atoms with Gasteiger partial charge >= 0.3 is 12.0 Å². The molecule has 2 aromatic carbocycles. The Kier molecular flexibility index (Phi) is 7.21. The first-order chi connectivity index (χ1) is 16.9. The van der Waals surface area contributed by atoms with Crippen molar-refractivity contribution in [3.05, 3.63) is 87.4 Å². The molecule has 35 heavy (non-hydrogen) atoms. The lowest BCUT2D eigenvalue weighted by Crippen LogP contribution is -2.30. The zero-order chi connectivity index (χ0) is 24.9. The minimum Gasteiger partial charge on any atom is -0.493 e. The Morgan fingerprint density at radius 2 is 1.86 bits per heavy atom. The predicted molar refractivity (Wildman–Crippen MR) is 129 cm³/mol. The van der Waals surface area contributed by atoms with Gasteiger partial charge in [0.25, 0.3) is 5.91 Å². The number of hydrogen-bond donors (Lipinski definition) is 1. The molecule has 0 spiro atoms. The van der Waals surface area contributed by atoms with Crippen LogP contribution >= 0.6 is 15.9 Å². The van der Waals surface area contributed by atoms with E-state index >= 15 is 0 Å². The average molecular weight is 541 g/mol. The van der Waals surface area contributed by atoms with E-state index in [4.69, 9.17) is 13.9 Å². The van der Waals surface area contributed by atoms with Gasteiger partial charge in [-0.25, -0.2) is 9.59 Å². The summed E-state index contributed by atoms with van der Waals surface area (Å²) in [6.07, 6.45) is 1.54. The number of methoxy groups -OCH3 is 2. The van der Waals surface area contributed by atoms with E-state index in [9.17, 15) is 14.4 Å². The third kappa shape index (κ3) is 5.38. The van der Waals surface area contributed by atoms with E-state index in [1.165, 1.54) is 32.4 Å². The Balaban J connectivity index is 1.51. The number of hydrogen-bond acceptors (Lipinski definition) is 7. The molecule has 0 unspecified atom stereocenters. The van der Waals surface area contributed by atoms with Crippen molar-refractivity contribution in [1.29, 1.82) is 0 Å². The first-order valence-corrected chi connectivity index (χ1v) is 11.2. The molecule has 1 aromatic heterocycles. The number of amides is 3. The number of nitrogens with one attached hydrogen (secondary N) is 1. The van der Waals surface area contributed by atoms with Crippen molar-refractivity contribution in [1.82, 2.24) is 10.2 Å². The van der Waals surface area contributed by atoms with Crippen molar-refractivity contribution < 1.29 is 33.0 Å². The molecule has 3 amide bonds. The van der Waals surface area contributed by atoms with Crippen molar-refractivity contribution in [2.24, 2.45) is 0 Å². The number of benzene rings is 2. The number of carbonyl (C=O) groups excluding carboxylic acids is 3. The van der Waals surface area contributed by atoms with Gasteiger partial charge in [0.05, 0.1) is 20.8 Å². The summed E-state index contributed by atoms with van der Waals surface area (Å²) in [6, 6.07) is 15.5. The van der Waals surface area contributed by atoms with Crippen molar-refractivity contribution in [3.8, 4) is 11.5 Å². The molecule has 1 N–H and O–H groups in total. The fourth-order valence-corrected chi connectivity index (χ4v) is 3.81. The molecule has 0 radical (unpaired) electrons. The summed E-state index contributed by atoms with van der Waals surface area (Å²) < 4.78 is 22.0. The molecule has 3 aromatic rings. The van der Waals surface area contributed by atoms with Crippen LogP contribution in [0.15, 0.2) is 69.2 Å². The lowest BCUT2D eigenvalue weighted by atomic mass is 10.1. The Labute approximate surface area is 209 Å². The van der Waals surface area contributed by atoms with Crippen LogP contribution in [0.25, 0.3) is 6.08 Å². The van der Waals surface area contributed by atoms with Gasteiger partial charge in [-0.3, -0.25) is 9.69 Å². The number of esters is 1. The highest BCUT2D eigenvalue weighted by Crippen LogP contribution is 2.35. The van der Waals surface area contributed by atoms with Crippen molar-refractivity contribution in [2.75, 3.05) is 14.2 Å². The number of ether oxygens (including phenoxy) is 3. The maximum absolute atomic E-state index is 12.9. The molecule has 1 aliphatic rings. The van der Waals surface area contributed by atoms with Gasteiger partial charge in [0.1, 0.15) is 18.1 Å². The highest BCUT2D eigenvalue weighted by molar-refractivity contribution is 9.10. The number of rotatable bonds is 8. The van der Waals surface area contributed by atoms with E-state index in [1.807, 2.05) is 30.3 Å². The van der Waals surface area contributed by atoms with Gasteiger partial charge in [-0.2, -0.15) is 0 Å². The summed E-state index contributed by atoms with van der Waals surface area (Å²) >= 11 is 3.49. The second kappa shape index (κ2) is 10.5. The van der Waals surface area contributed by atoms with E-state index in [1.54, 1.807) is 12.1 Å². The zero-order valence-corrected chi connectivity index (χ0v) is 20.5. The molecule has 0 aliphatic carbocycles. The van der Waals surface area contributed by atoms with Gasteiger partial charge in [0.2, 0.25) is 5.76 Å². The third-order valence-electron chi connectivity index (χ3n) is 5.14. The fourth-order valence-electron chi connectivity index (χ4n) is 3.37. The zero-order valence-electron chi connectivity index (χ0n) is 18.9. The average Bonchev–Trinajstić information content (AvgIpc) is 3.44. The van der Waals surface area contributed by atoms with Gasteiger partial charge in [-0.1, -0.05) is 46.3 Å². The quantitative estimate of drug-likeness (QED) is 0.254. The van der Waals surface area contributed by atoms with Crippen LogP contribution in [0.4, 0.5) is 4.79 Å². The maximum atomic E-state index is 12.9. The number of urea groups is 1. The molecule has 1 fully saturated rings. The lowest BCUT2D eigenvalue weighted by molar-refractivity contribution is -0.123. The molecule has 1 aliphatic heterocycles. The fraction of sp³-hybridized carbons (Fsp3) is 0.160. The van der Waals surface area contributed by atoms with Crippen LogP contribution < -0.4 is 14.8 Å². The van der Waals surface area contributed by atoms with Crippen molar-refractivity contribution >= 4 is 39.9 Å². The van der Waals surface area contributed by atoms with Gasteiger partial charge in [-0.15, -0.1) is 0 Å². The summed E-state index contributed by atoms with van der Waals surface area (Å²) in [5, 5.41) is 2.56. The van der Waals surface area contributed by atoms with Crippen LogP contribution in [0, 0.1) is 0 Å². The molecular formula is C25H21BrN2O7. The number of imide groups is 1. The van der Waals surface area contributed by atoms with Gasteiger partial charge in [0, 0.05) is 4.47 Å². The summed E-state index contributed by atoms with van der Waals surface area (Å²) in [7, 11) is 2.75.